The van der Waals surface area contributed by atoms with Gasteiger partial charge in [-0.15, -0.1) is 0 Å². The van der Waals surface area contributed by atoms with Gasteiger partial charge in [0.15, 0.2) is 0 Å². The molecular weight excluding hydrogens is 677 g/mol. The van der Waals surface area contributed by atoms with Gasteiger partial charge in [-0.2, -0.15) is 0 Å². The molecule has 0 unspecified atom stereocenters. The summed E-state index contributed by atoms with van der Waals surface area (Å²) in [7, 11) is 0. The Balaban J connectivity index is 1.19. The minimum Gasteiger partial charge on any atom is -0.310 e. The van der Waals surface area contributed by atoms with Crippen molar-refractivity contribution in [2.75, 3.05) is 4.90 Å². The SMILES string of the molecule is CC1(C)CCC(C)(C)c2cc(-c3ccccc3-n3c4ccccc4c4ccc(N(c5ccc(-c6ccccc6)cc5)c5cccc6ccccc56)cc43)ccc21. The van der Waals surface area contributed by atoms with Crippen LogP contribution in [-0.2, 0) is 10.8 Å². The summed E-state index contributed by atoms with van der Waals surface area (Å²) in [5.41, 5.74) is 15.1. The fourth-order valence-electron chi connectivity index (χ4n) is 9.29. The molecule has 10 rings (SSSR count). The first-order valence-corrected chi connectivity index (χ1v) is 20.0. The Bertz CT molecular complexity index is 2900. The van der Waals surface area contributed by atoms with E-state index >= 15 is 0 Å². The lowest BCUT2D eigenvalue weighted by Gasteiger charge is -2.42. The van der Waals surface area contributed by atoms with Crippen LogP contribution >= 0.6 is 0 Å². The topological polar surface area (TPSA) is 8.17 Å². The third-order valence-electron chi connectivity index (χ3n) is 12.5. The first-order valence-electron chi connectivity index (χ1n) is 20.0. The monoisotopic (exact) mass is 722 g/mol. The maximum Gasteiger partial charge on any atom is 0.0562 e. The number of benzene rings is 8. The number of hydrogen-bond acceptors (Lipinski definition) is 1. The van der Waals surface area contributed by atoms with Crippen LogP contribution in [0.1, 0.15) is 51.7 Å². The van der Waals surface area contributed by atoms with Crippen molar-refractivity contribution in [3.63, 3.8) is 0 Å². The Morgan fingerprint density at radius 2 is 1.04 bits per heavy atom. The smallest absolute Gasteiger partial charge is 0.0562 e. The molecule has 0 amide bonds. The van der Waals surface area contributed by atoms with Gasteiger partial charge in [-0.1, -0.05) is 167 Å². The molecular formula is C54H46N2. The van der Waals surface area contributed by atoms with E-state index in [2.05, 4.69) is 219 Å². The van der Waals surface area contributed by atoms with Crippen LogP contribution in [0.3, 0.4) is 0 Å². The molecule has 0 aliphatic heterocycles. The van der Waals surface area contributed by atoms with Crippen molar-refractivity contribution in [2.24, 2.45) is 0 Å². The molecule has 2 nitrogen and oxygen atoms in total. The van der Waals surface area contributed by atoms with Crippen LogP contribution in [0.2, 0.25) is 0 Å². The van der Waals surface area contributed by atoms with Crippen LogP contribution in [0.15, 0.2) is 182 Å². The van der Waals surface area contributed by atoms with E-state index < -0.39 is 0 Å². The highest BCUT2D eigenvalue weighted by Crippen LogP contribution is 2.48. The second-order valence-corrected chi connectivity index (χ2v) is 16.8. The highest BCUT2D eigenvalue weighted by atomic mass is 15.1. The van der Waals surface area contributed by atoms with E-state index in [4.69, 9.17) is 0 Å². The van der Waals surface area contributed by atoms with E-state index in [1.807, 2.05) is 0 Å². The molecule has 56 heavy (non-hydrogen) atoms. The minimum atomic E-state index is 0.127. The van der Waals surface area contributed by atoms with Gasteiger partial charge < -0.3 is 9.47 Å². The summed E-state index contributed by atoms with van der Waals surface area (Å²) in [6.07, 6.45) is 2.40. The summed E-state index contributed by atoms with van der Waals surface area (Å²) < 4.78 is 2.50. The summed E-state index contributed by atoms with van der Waals surface area (Å²) in [5, 5.41) is 4.93. The molecule has 0 atom stereocenters. The molecule has 9 aromatic rings. The lowest BCUT2D eigenvalue weighted by molar-refractivity contribution is 0.332. The zero-order valence-electron chi connectivity index (χ0n) is 32.6. The maximum absolute atomic E-state index is 2.50. The van der Waals surface area contributed by atoms with Gasteiger partial charge in [-0.05, 0) is 99.3 Å². The second kappa shape index (κ2) is 13.1. The molecule has 0 N–H and O–H groups in total. The second-order valence-electron chi connectivity index (χ2n) is 16.8. The fraction of sp³-hybridized carbons (Fsp3) is 0.148. The molecule has 0 spiro atoms. The summed E-state index contributed by atoms with van der Waals surface area (Å²) >= 11 is 0. The van der Waals surface area contributed by atoms with E-state index in [-0.39, 0.29) is 10.8 Å². The Labute approximate surface area is 330 Å². The molecule has 2 heteroatoms. The van der Waals surface area contributed by atoms with Crippen molar-refractivity contribution in [1.82, 2.24) is 4.57 Å². The van der Waals surface area contributed by atoms with Gasteiger partial charge in [-0.3, -0.25) is 0 Å². The Morgan fingerprint density at radius 1 is 0.429 bits per heavy atom. The van der Waals surface area contributed by atoms with Crippen LogP contribution in [-0.4, -0.2) is 4.57 Å². The summed E-state index contributed by atoms with van der Waals surface area (Å²) in [5.74, 6) is 0. The average molecular weight is 723 g/mol. The Hall–Kier alpha value is -6.38. The first kappa shape index (κ1) is 34.1. The molecule has 1 aliphatic carbocycles. The van der Waals surface area contributed by atoms with Gasteiger partial charge in [0.25, 0.3) is 0 Å². The van der Waals surface area contributed by atoms with Crippen LogP contribution in [0.5, 0.6) is 0 Å². The largest absolute Gasteiger partial charge is 0.310 e. The molecule has 0 fully saturated rings. The van der Waals surface area contributed by atoms with Crippen LogP contribution in [0, 0.1) is 0 Å². The first-order chi connectivity index (χ1) is 27.3. The van der Waals surface area contributed by atoms with Crippen molar-refractivity contribution < 1.29 is 0 Å². The van der Waals surface area contributed by atoms with E-state index in [1.165, 1.54) is 84.5 Å². The molecule has 0 bridgehead atoms. The third-order valence-corrected chi connectivity index (χ3v) is 12.5. The molecule has 272 valence electrons. The van der Waals surface area contributed by atoms with E-state index in [0.29, 0.717) is 0 Å². The molecule has 1 heterocycles. The molecule has 0 radical (unpaired) electrons. The lowest BCUT2D eigenvalue weighted by atomic mass is 9.63. The van der Waals surface area contributed by atoms with Crippen LogP contribution < -0.4 is 4.90 Å². The van der Waals surface area contributed by atoms with Crippen molar-refractivity contribution in [2.45, 2.75) is 51.4 Å². The summed E-state index contributed by atoms with van der Waals surface area (Å²) in [6, 6.07) is 67.1. The Morgan fingerprint density at radius 3 is 1.86 bits per heavy atom. The van der Waals surface area contributed by atoms with Crippen molar-refractivity contribution in [3.05, 3.63) is 193 Å². The lowest BCUT2D eigenvalue weighted by Crippen LogP contribution is -2.33. The van der Waals surface area contributed by atoms with Gasteiger partial charge in [0.1, 0.15) is 0 Å². The molecule has 1 aliphatic rings. The van der Waals surface area contributed by atoms with E-state index in [1.54, 1.807) is 0 Å². The van der Waals surface area contributed by atoms with Crippen LogP contribution in [0.25, 0.3) is 60.5 Å². The third kappa shape index (κ3) is 5.63. The molecule has 1 aromatic heterocycles. The van der Waals surface area contributed by atoms with Gasteiger partial charge >= 0.3 is 0 Å². The highest BCUT2D eigenvalue weighted by molar-refractivity contribution is 6.11. The molecule has 0 saturated heterocycles. The van der Waals surface area contributed by atoms with Gasteiger partial charge in [0.05, 0.1) is 22.4 Å². The highest BCUT2D eigenvalue weighted by Gasteiger charge is 2.37. The number of fused-ring (bicyclic) bond motifs is 5. The number of anilines is 3. The van der Waals surface area contributed by atoms with Crippen molar-refractivity contribution >= 4 is 49.6 Å². The van der Waals surface area contributed by atoms with E-state index in [0.717, 1.165) is 17.1 Å². The number of aromatic nitrogens is 1. The standard InChI is InChI=1S/C54H46N2/c1-53(2)33-34-54(3,4)48-35-40(27-32-47(48)53)44-20-10-12-22-50(44)56-51-23-13-11-21-45(51)46-31-30-42(36-52(46)56)55(49-24-14-18-39-17-8-9-19-43(39)49)41-28-25-38(26-29-41)37-15-6-5-7-16-37/h5-32,35-36H,33-34H2,1-4H3. The maximum atomic E-state index is 2.50. The Kier molecular flexibility index (Phi) is 8.01. The number of nitrogens with zero attached hydrogens (tertiary/aromatic N) is 2. The van der Waals surface area contributed by atoms with Gasteiger partial charge in [0, 0.05) is 33.1 Å². The zero-order valence-corrected chi connectivity index (χ0v) is 32.6. The predicted molar refractivity (Wildman–Crippen MR) is 239 cm³/mol. The average Bonchev–Trinajstić information content (AvgIpc) is 3.57. The number of para-hydroxylation sites is 2. The fourth-order valence-corrected chi connectivity index (χ4v) is 9.29. The molecule has 0 saturated carbocycles. The quantitative estimate of drug-likeness (QED) is 0.166. The molecule has 8 aromatic carbocycles. The van der Waals surface area contributed by atoms with Crippen molar-refractivity contribution in [1.29, 1.82) is 0 Å². The number of rotatable bonds is 6. The predicted octanol–water partition coefficient (Wildman–Crippen LogP) is 15.1. The van der Waals surface area contributed by atoms with Crippen LogP contribution in [0.4, 0.5) is 17.1 Å². The van der Waals surface area contributed by atoms with E-state index in [9.17, 15) is 0 Å². The summed E-state index contributed by atoms with van der Waals surface area (Å²) in [4.78, 5) is 2.43. The normalized spacial score (nSPS) is 14.6. The van der Waals surface area contributed by atoms with Gasteiger partial charge in [0.2, 0.25) is 0 Å². The minimum absolute atomic E-state index is 0.127. The summed E-state index contributed by atoms with van der Waals surface area (Å²) in [6.45, 7) is 9.65. The zero-order chi connectivity index (χ0) is 38.0. The van der Waals surface area contributed by atoms with Crippen molar-refractivity contribution in [3.8, 4) is 27.9 Å². The number of hydrogen-bond donors (Lipinski definition) is 0. The van der Waals surface area contributed by atoms with Gasteiger partial charge in [-0.25, -0.2) is 0 Å².